The molecule has 1 amide bonds. The number of aliphatic carboxylic acids is 1. The third-order valence-electron chi connectivity index (χ3n) is 7.35. The molecule has 0 heterocycles. The van der Waals surface area contributed by atoms with Crippen LogP contribution in [-0.2, 0) is 16.0 Å². The molecule has 4 aromatic carbocycles. The minimum absolute atomic E-state index is 0.0448. The predicted octanol–water partition coefficient (Wildman–Crippen LogP) is 5.86. The third-order valence-corrected chi connectivity index (χ3v) is 7.35. The van der Waals surface area contributed by atoms with E-state index in [-0.39, 0.29) is 30.6 Å². The van der Waals surface area contributed by atoms with Crippen LogP contribution >= 0.6 is 0 Å². The number of carboxylic acids is 1. The zero-order valence-electron chi connectivity index (χ0n) is 23.9. The van der Waals surface area contributed by atoms with Crippen LogP contribution in [-0.4, -0.2) is 49.1 Å². The Morgan fingerprint density at radius 3 is 2.26 bits per heavy atom. The van der Waals surface area contributed by atoms with Crippen molar-refractivity contribution in [3.8, 4) is 11.5 Å². The highest BCUT2D eigenvalue weighted by atomic mass is 16.5. The number of benzene rings is 4. The number of hydrogen-bond acceptors (Lipinski definition) is 6. The van der Waals surface area contributed by atoms with E-state index in [1.165, 1.54) is 0 Å². The molecule has 0 spiro atoms. The van der Waals surface area contributed by atoms with Gasteiger partial charge in [-0.25, -0.2) is 4.79 Å². The first-order chi connectivity index (χ1) is 20.9. The lowest BCUT2D eigenvalue weighted by atomic mass is 10.00. The Bertz CT molecular complexity index is 1570. The van der Waals surface area contributed by atoms with Crippen molar-refractivity contribution in [1.82, 2.24) is 0 Å². The summed E-state index contributed by atoms with van der Waals surface area (Å²) in [4.78, 5) is 40.0. The fourth-order valence-corrected chi connectivity index (χ4v) is 4.90. The summed E-state index contributed by atoms with van der Waals surface area (Å²) < 4.78 is 11.4. The molecule has 1 atom stereocenters. The molecule has 4 aromatic rings. The average molecular weight is 579 g/mol. The van der Waals surface area contributed by atoms with Crippen LogP contribution in [0.15, 0.2) is 103 Å². The quantitative estimate of drug-likeness (QED) is 0.181. The largest absolute Gasteiger partial charge is 0.495 e. The highest BCUT2D eigenvalue weighted by Crippen LogP contribution is 2.35. The van der Waals surface area contributed by atoms with E-state index in [4.69, 9.17) is 9.47 Å². The molecule has 8 heteroatoms. The van der Waals surface area contributed by atoms with Crippen LogP contribution in [0, 0.1) is 5.92 Å². The summed E-state index contributed by atoms with van der Waals surface area (Å²) in [5.41, 5.74) is 2.91. The fourth-order valence-electron chi connectivity index (χ4n) is 4.90. The number of ketones is 1. The SMILES string of the molecule is COc1ccccc1N(CCOc1ccc(CC(Nc2ccccc2C(=O)c2ccccc2)C(=O)O)cc1)C(=O)C1CC1. The minimum Gasteiger partial charge on any atom is -0.495 e. The van der Waals surface area contributed by atoms with Gasteiger partial charge in [0.2, 0.25) is 5.91 Å². The first-order valence-electron chi connectivity index (χ1n) is 14.3. The van der Waals surface area contributed by atoms with Gasteiger partial charge in [0.15, 0.2) is 5.78 Å². The van der Waals surface area contributed by atoms with Crippen molar-refractivity contribution in [3.05, 3.63) is 120 Å². The first-order valence-corrected chi connectivity index (χ1v) is 14.3. The maximum atomic E-state index is 13.1. The number of carbonyl (C=O) groups is 3. The molecule has 0 aliphatic heterocycles. The molecule has 1 unspecified atom stereocenters. The Morgan fingerprint density at radius 2 is 1.56 bits per heavy atom. The molecule has 0 aromatic heterocycles. The van der Waals surface area contributed by atoms with Crippen LogP contribution in [0.25, 0.3) is 0 Å². The van der Waals surface area contributed by atoms with Gasteiger partial charge in [-0.1, -0.05) is 66.7 Å². The summed E-state index contributed by atoms with van der Waals surface area (Å²) >= 11 is 0. The number of para-hydroxylation sites is 3. The first kappa shape index (κ1) is 29.4. The number of hydrogen-bond donors (Lipinski definition) is 2. The van der Waals surface area contributed by atoms with Crippen molar-refractivity contribution in [1.29, 1.82) is 0 Å². The Labute approximate surface area is 250 Å². The number of anilines is 2. The Kier molecular flexibility index (Phi) is 9.36. The summed E-state index contributed by atoms with van der Waals surface area (Å²) in [6, 6.07) is 29.5. The summed E-state index contributed by atoms with van der Waals surface area (Å²) in [7, 11) is 1.59. The number of carbonyl (C=O) groups excluding carboxylic acids is 2. The fraction of sp³-hybridized carbons (Fsp3) is 0.229. The van der Waals surface area contributed by atoms with Crippen LogP contribution < -0.4 is 19.7 Å². The smallest absolute Gasteiger partial charge is 0.326 e. The van der Waals surface area contributed by atoms with Gasteiger partial charge in [-0.3, -0.25) is 9.59 Å². The van der Waals surface area contributed by atoms with E-state index >= 15 is 0 Å². The van der Waals surface area contributed by atoms with E-state index in [9.17, 15) is 19.5 Å². The van der Waals surface area contributed by atoms with Crippen molar-refractivity contribution < 1.29 is 29.0 Å². The number of ether oxygens (including phenoxy) is 2. The maximum absolute atomic E-state index is 13.1. The maximum Gasteiger partial charge on any atom is 0.326 e. The van der Waals surface area contributed by atoms with Gasteiger partial charge in [-0.2, -0.15) is 0 Å². The predicted molar refractivity (Wildman–Crippen MR) is 165 cm³/mol. The van der Waals surface area contributed by atoms with Gasteiger partial charge in [-0.15, -0.1) is 0 Å². The van der Waals surface area contributed by atoms with Gasteiger partial charge < -0.3 is 24.8 Å². The van der Waals surface area contributed by atoms with Crippen molar-refractivity contribution in [2.24, 2.45) is 5.92 Å². The lowest BCUT2D eigenvalue weighted by Gasteiger charge is -2.24. The number of amides is 1. The molecule has 1 saturated carbocycles. The second-order valence-electron chi connectivity index (χ2n) is 10.4. The van der Waals surface area contributed by atoms with Gasteiger partial charge in [0, 0.05) is 29.2 Å². The molecule has 220 valence electrons. The highest BCUT2D eigenvalue weighted by Gasteiger charge is 2.35. The molecular formula is C35H34N2O6. The third kappa shape index (κ3) is 7.40. The van der Waals surface area contributed by atoms with E-state index in [0.29, 0.717) is 34.9 Å². The van der Waals surface area contributed by atoms with E-state index in [2.05, 4.69) is 5.32 Å². The standard InChI is InChI=1S/C35H34N2O6/c1-42-32-14-8-7-13-31(32)37(34(39)26-17-18-26)21-22-43-27-19-15-24(16-20-27)23-30(35(40)41)36-29-12-6-5-11-28(29)33(38)25-9-3-2-4-10-25/h2-16,19-20,26,30,36H,17-18,21-23H2,1H3,(H,40,41). The molecule has 1 aliphatic carbocycles. The molecule has 0 bridgehead atoms. The van der Waals surface area contributed by atoms with Crippen molar-refractivity contribution >= 4 is 29.0 Å². The molecular weight excluding hydrogens is 544 g/mol. The number of nitrogens with one attached hydrogen (secondary N) is 1. The molecule has 8 nitrogen and oxygen atoms in total. The molecule has 5 rings (SSSR count). The van der Waals surface area contributed by atoms with Crippen molar-refractivity contribution in [2.75, 3.05) is 30.5 Å². The molecule has 1 aliphatic rings. The molecule has 0 saturated heterocycles. The Morgan fingerprint density at radius 1 is 0.884 bits per heavy atom. The Balaban J connectivity index is 1.22. The van der Waals surface area contributed by atoms with E-state index in [1.54, 1.807) is 72.7 Å². The molecule has 0 radical (unpaired) electrons. The number of nitrogens with zero attached hydrogens (tertiary/aromatic N) is 1. The molecule has 2 N–H and O–H groups in total. The summed E-state index contributed by atoms with van der Waals surface area (Å²) in [5, 5.41) is 13.0. The average Bonchev–Trinajstić information content (AvgIpc) is 3.89. The van der Waals surface area contributed by atoms with Gasteiger partial charge >= 0.3 is 5.97 Å². The highest BCUT2D eigenvalue weighted by molar-refractivity contribution is 6.12. The molecule has 1 fully saturated rings. The number of methoxy groups -OCH3 is 1. The summed E-state index contributed by atoms with van der Waals surface area (Å²) in [5.74, 6) is 0.151. The number of rotatable bonds is 14. The van der Waals surface area contributed by atoms with E-state index in [1.807, 2.05) is 42.5 Å². The van der Waals surface area contributed by atoms with Crippen molar-refractivity contribution in [2.45, 2.75) is 25.3 Å². The zero-order chi connectivity index (χ0) is 30.2. The topological polar surface area (TPSA) is 105 Å². The zero-order valence-corrected chi connectivity index (χ0v) is 23.9. The van der Waals surface area contributed by atoms with Gasteiger partial charge in [0.1, 0.15) is 24.1 Å². The van der Waals surface area contributed by atoms with Crippen LogP contribution in [0.1, 0.15) is 34.3 Å². The van der Waals surface area contributed by atoms with Gasteiger partial charge in [-0.05, 0) is 54.8 Å². The second kappa shape index (κ2) is 13.7. The summed E-state index contributed by atoms with van der Waals surface area (Å²) in [6.45, 7) is 0.644. The lowest BCUT2D eigenvalue weighted by molar-refractivity contribution is -0.137. The monoisotopic (exact) mass is 578 g/mol. The van der Waals surface area contributed by atoms with Gasteiger partial charge in [0.25, 0.3) is 0 Å². The second-order valence-corrected chi connectivity index (χ2v) is 10.4. The Hall–Kier alpha value is -5.11. The van der Waals surface area contributed by atoms with E-state index in [0.717, 1.165) is 24.1 Å². The molecule has 43 heavy (non-hydrogen) atoms. The van der Waals surface area contributed by atoms with Crippen LogP contribution in [0.3, 0.4) is 0 Å². The van der Waals surface area contributed by atoms with Gasteiger partial charge in [0.05, 0.1) is 19.3 Å². The van der Waals surface area contributed by atoms with Crippen LogP contribution in [0.4, 0.5) is 11.4 Å². The normalized spacial score (nSPS) is 13.0. The van der Waals surface area contributed by atoms with E-state index < -0.39 is 12.0 Å². The van der Waals surface area contributed by atoms with Crippen LogP contribution in [0.5, 0.6) is 11.5 Å². The lowest BCUT2D eigenvalue weighted by Crippen LogP contribution is -2.36. The minimum atomic E-state index is -1.03. The van der Waals surface area contributed by atoms with Crippen LogP contribution in [0.2, 0.25) is 0 Å². The number of carboxylic acid groups (broad SMARTS) is 1. The summed E-state index contributed by atoms with van der Waals surface area (Å²) in [6.07, 6.45) is 1.99. The van der Waals surface area contributed by atoms with Crippen molar-refractivity contribution in [3.63, 3.8) is 0 Å².